The van der Waals surface area contributed by atoms with E-state index in [1.807, 2.05) is 51.1 Å². The molecule has 0 aliphatic heterocycles. The summed E-state index contributed by atoms with van der Waals surface area (Å²) in [4.78, 5) is 31.6. The average molecular weight is 791 g/mol. The van der Waals surface area contributed by atoms with Crippen LogP contribution in [0.5, 0.6) is 11.5 Å². The predicted molar refractivity (Wildman–Crippen MR) is 211 cm³/mol. The van der Waals surface area contributed by atoms with E-state index in [4.69, 9.17) is 4.74 Å². The van der Waals surface area contributed by atoms with Crippen LogP contribution in [0.1, 0.15) is 95.1 Å². The Morgan fingerprint density at radius 2 is 1.68 bits per heavy atom. The zero-order valence-corrected chi connectivity index (χ0v) is 32.9. The Balaban J connectivity index is 1.39. The second-order valence-electron chi connectivity index (χ2n) is 15.4. The number of hydrogen-bond acceptors (Lipinski definition) is 7. The van der Waals surface area contributed by atoms with Crippen molar-refractivity contribution in [3.63, 3.8) is 0 Å². The van der Waals surface area contributed by atoms with E-state index in [0.29, 0.717) is 72.4 Å². The molecule has 1 saturated carbocycles. The topological polar surface area (TPSA) is 108 Å². The summed E-state index contributed by atoms with van der Waals surface area (Å²) in [5.74, 6) is -0.150. The van der Waals surface area contributed by atoms with Gasteiger partial charge in [-0.1, -0.05) is 42.8 Å². The Bertz CT molecular complexity index is 2050. The number of nitrogens with zero attached hydrogens (tertiary/aromatic N) is 1. The summed E-state index contributed by atoms with van der Waals surface area (Å²) in [5.41, 5.74) is 2.13. The van der Waals surface area contributed by atoms with Gasteiger partial charge in [-0.15, -0.1) is 24.5 Å². The normalized spacial score (nSPS) is 22.8. The maximum atomic E-state index is 14.3. The molecular weight excluding hydrogens is 742 g/mol. The fourth-order valence-electron chi connectivity index (χ4n) is 8.29. The van der Waals surface area contributed by atoms with Crippen LogP contribution in [0.3, 0.4) is 0 Å². The minimum absolute atomic E-state index is 0.0190. The van der Waals surface area contributed by atoms with E-state index >= 15 is 0 Å². The zero-order valence-electron chi connectivity index (χ0n) is 32.1. The van der Waals surface area contributed by atoms with E-state index in [9.17, 15) is 33.0 Å². The van der Waals surface area contributed by atoms with Crippen molar-refractivity contribution >= 4 is 28.8 Å². The molecule has 3 aliphatic rings. The van der Waals surface area contributed by atoms with Crippen LogP contribution in [-0.4, -0.2) is 58.6 Å². The van der Waals surface area contributed by atoms with Gasteiger partial charge in [0.15, 0.2) is 0 Å². The molecule has 1 heterocycles. The number of aryl methyl sites for hydroxylation is 1. The van der Waals surface area contributed by atoms with Crippen molar-refractivity contribution in [2.24, 2.45) is 5.41 Å². The Labute approximate surface area is 330 Å². The highest BCUT2D eigenvalue weighted by Crippen LogP contribution is 2.59. The first-order chi connectivity index (χ1) is 26.6. The van der Waals surface area contributed by atoms with Gasteiger partial charge in [-0.2, -0.15) is 0 Å². The number of amides is 2. The van der Waals surface area contributed by atoms with Crippen molar-refractivity contribution in [1.29, 1.82) is 0 Å². The number of rotatable bonds is 9. The maximum Gasteiger partial charge on any atom is 0.573 e. The lowest BCUT2D eigenvalue weighted by Crippen LogP contribution is -2.54. The van der Waals surface area contributed by atoms with Crippen molar-refractivity contribution in [1.82, 2.24) is 4.90 Å². The second-order valence-corrected chi connectivity index (χ2v) is 16.7. The number of nitrogens with one attached hydrogen (secondary N) is 1. The number of alkyl halides is 3. The van der Waals surface area contributed by atoms with Gasteiger partial charge in [0.1, 0.15) is 11.5 Å². The summed E-state index contributed by atoms with van der Waals surface area (Å²) in [6, 6.07) is 21.3. The number of halogens is 3. The highest BCUT2D eigenvalue weighted by molar-refractivity contribution is 7.14. The van der Waals surface area contributed by atoms with Gasteiger partial charge >= 0.3 is 12.4 Å². The molecule has 4 aromatic rings. The molecular formula is C44H49F3N2O6S. The van der Waals surface area contributed by atoms with E-state index in [2.05, 4.69) is 16.1 Å². The summed E-state index contributed by atoms with van der Waals surface area (Å²) in [7, 11) is 1.54. The lowest BCUT2D eigenvalue weighted by atomic mass is 9.64. The number of aliphatic hydroxyl groups excluding tert-OH is 1. The number of aliphatic hydroxyl groups is 2. The summed E-state index contributed by atoms with van der Waals surface area (Å²) >= 11 is 1.43. The van der Waals surface area contributed by atoms with Gasteiger partial charge in [-0.3, -0.25) is 4.79 Å². The molecule has 1 fully saturated rings. The summed E-state index contributed by atoms with van der Waals surface area (Å²) in [6.45, 7) is 5.93. The van der Waals surface area contributed by atoms with Crippen LogP contribution in [-0.2, 0) is 13.0 Å². The SMILES string of the molecule is COc1ccc(NC(=O)N(Cc2ccc(OC(F)(F)F)cc2)C[C@]2(O)CC[C@H]3c4ccc(cc4C(=O)c4ccc(C)s4)C[C@@H](O)CCC(C)=CCC[C@@]32C)cc1. The first-order valence-electron chi connectivity index (χ1n) is 18.9. The highest BCUT2D eigenvalue weighted by atomic mass is 32.1. The monoisotopic (exact) mass is 790 g/mol. The summed E-state index contributed by atoms with van der Waals surface area (Å²) in [5, 5.41) is 26.9. The van der Waals surface area contributed by atoms with Crippen molar-refractivity contribution in [3.05, 3.63) is 123 Å². The number of thiophene rings is 1. The van der Waals surface area contributed by atoms with Crippen LogP contribution >= 0.6 is 11.3 Å². The molecule has 8 nitrogen and oxygen atoms in total. The standard InChI is InChI=1S/C44H49F3N2O6S/c1-28-6-5-22-42(3)38(36-19-11-31(24-33(50)14-7-28)25-37(36)40(51)39-20-8-29(2)56-39)21-23-43(42,53)27-49(41(52)48-32-12-17-34(54-4)18-13-32)26-30-9-15-35(16-10-30)55-44(45,46)47/h6,8-13,15-20,25,33,38,50,53H,5,7,14,21-24,26-27H2,1-4H3,(H,48,52)/t33-,38-,42-,43+/m0/s1. The fourth-order valence-corrected chi connectivity index (χ4v) is 9.12. The number of fused-ring (bicyclic) bond motifs is 8. The summed E-state index contributed by atoms with van der Waals surface area (Å²) in [6.07, 6.45) is 0.458. The number of methoxy groups -OCH3 is 1. The molecule has 0 spiro atoms. The Kier molecular flexibility index (Phi) is 12.3. The van der Waals surface area contributed by atoms with Gasteiger partial charge in [0.25, 0.3) is 0 Å². The van der Waals surface area contributed by atoms with Crippen molar-refractivity contribution in [2.75, 3.05) is 19.0 Å². The number of anilines is 1. The van der Waals surface area contributed by atoms with E-state index in [1.54, 1.807) is 31.4 Å². The maximum absolute atomic E-state index is 14.3. The molecule has 3 N–H and O–H groups in total. The number of allylic oxidation sites excluding steroid dienone is 2. The number of ether oxygens (including phenoxy) is 2. The van der Waals surface area contributed by atoms with E-state index in [-0.39, 0.29) is 30.5 Å². The van der Waals surface area contributed by atoms with E-state index in [1.165, 1.54) is 40.5 Å². The van der Waals surface area contributed by atoms with E-state index < -0.39 is 29.5 Å². The lowest BCUT2D eigenvalue weighted by molar-refractivity contribution is -0.274. The van der Waals surface area contributed by atoms with Crippen molar-refractivity contribution < 1.29 is 42.4 Å². The van der Waals surface area contributed by atoms with Gasteiger partial charge in [-0.05, 0) is 136 Å². The quantitative estimate of drug-likeness (QED) is 0.115. The van der Waals surface area contributed by atoms with Gasteiger partial charge in [-0.25, -0.2) is 4.79 Å². The molecule has 298 valence electrons. The number of ketones is 1. The third-order valence-electron chi connectivity index (χ3n) is 11.5. The Morgan fingerprint density at radius 3 is 2.34 bits per heavy atom. The molecule has 1 aromatic heterocycles. The van der Waals surface area contributed by atoms with Crippen LogP contribution in [0.25, 0.3) is 0 Å². The average Bonchev–Trinajstić information content (AvgIpc) is 3.70. The largest absolute Gasteiger partial charge is 0.573 e. The Morgan fingerprint density at radius 1 is 0.964 bits per heavy atom. The molecule has 2 amide bonds. The molecule has 3 aliphatic carbocycles. The van der Waals surface area contributed by atoms with Gasteiger partial charge < -0.3 is 29.9 Å². The number of carbonyl (C=O) groups is 2. The zero-order chi connectivity index (χ0) is 40.3. The number of carbonyl (C=O) groups excluding carboxylic acids is 2. The van der Waals surface area contributed by atoms with Crippen LogP contribution < -0.4 is 14.8 Å². The molecule has 12 heteroatoms. The third-order valence-corrected chi connectivity index (χ3v) is 12.5. The van der Waals surface area contributed by atoms with Crippen LogP contribution in [0.15, 0.2) is 90.5 Å². The molecule has 4 atom stereocenters. The van der Waals surface area contributed by atoms with Gasteiger partial charge in [0.05, 0.1) is 30.2 Å². The van der Waals surface area contributed by atoms with Crippen LogP contribution in [0.2, 0.25) is 0 Å². The first kappa shape index (κ1) is 41.0. The fraction of sp³-hybridized carbons (Fsp3) is 0.409. The van der Waals surface area contributed by atoms with E-state index in [0.717, 1.165) is 21.6 Å². The molecule has 3 aromatic carbocycles. The van der Waals surface area contributed by atoms with Crippen LogP contribution in [0, 0.1) is 12.3 Å². The smallest absolute Gasteiger partial charge is 0.497 e. The van der Waals surface area contributed by atoms with Crippen molar-refractivity contribution in [2.45, 2.75) is 96.2 Å². The van der Waals surface area contributed by atoms with Gasteiger partial charge in [0.2, 0.25) is 5.78 Å². The van der Waals surface area contributed by atoms with Crippen LogP contribution in [0.4, 0.5) is 23.7 Å². The minimum atomic E-state index is -4.85. The van der Waals surface area contributed by atoms with Gasteiger partial charge in [0, 0.05) is 28.1 Å². The number of hydrogen-bond donors (Lipinski definition) is 3. The van der Waals surface area contributed by atoms with Crippen molar-refractivity contribution in [3.8, 4) is 11.5 Å². The second kappa shape index (κ2) is 16.8. The molecule has 2 bridgehead atoms. The molecule has 0 saturated heterocycles. The minimum Gasteiger partial charge on any atom is -0.497 e. The summed E-state index contributed by atoms with van der Waals surface area (Å²) < 4.78 is 48.1. The molecule has 0 unspecified atom stereocenters. The lowest BCUT2D eigenvalue weighted by Gasteiger charge is -2.46. The number of urea groups is 1. The highest BCUT2D eigenvalue weighted by Gasteiger charge is 2.57. The Hall–Kier alpha value is -4.65. The predicted octanol–water partition coefficient (Wildman–Crippen LogP) is 9.97. The molecule has 56 heavy (non-hydrogen) atoms. The third kappa shape index (κ3) is 9.47. The molecule has 0 radical (unpaired) electrons. The number of benzene rings is 3. The molecule has 7 rings (SSSR count). The first-order valence-corrected chi connectivity index (χ1v) is 19.7.